The number of halogens is 1. The van der Waals surface area contributed by atoms with Crippen molar-refractivity contribution in [3.8, 4) is 6.07 Å². The van der Waals surface area contributed by atoms with E-state index in [9.17, 15) is 10.1 Å². The molecule has 0 spiro atoms. The number of nitriles is 1. The van der Waals surface area contributed by atoms with Gasteiger partial charge in [0.15, 0.2) is 0 Å². The number of benzene rings is 2. The summed E-state index contributed by atoms with van der Waals surface area (Å²) in [4.78, 5) is 25.4. The van der Waals surface area contributed by atoms with E-state index in [-0.39, 0.29) is 24.0 Å². The molecule has 2 N–H and O–H groups in total. The van der Waals surface area contributed by atoms with Gasteiger partial charge in [0.2, 0.25) is 0 Å². The normalized spacial score (nSPS) is 15.4. The van der Waals surface area contributed by atoms with Gasteiger partial charge in [0, 0.05) is 37.3 Å². The third kappa shape index (κ3) is 4.51. The molecule has 0 amide bonds. The van der Waals surface area contributed by atoms with E-state index in [1.165, 1.54) is 0 Å². The molecule has 2 aromatic carbocycles. The summed E-state index contributed by atoms with van der Waals surface area (Å²) in [7, 11) is 0. The second kappa shape index (κ2) is 10.7. The first-order valence-electron chi connectivity index (χ1n) is 12.5. The Labute approximate surface area is 226 Å². The summed E-state index contributed by atoms with van der Waals surface area (Å²) < 4.78 is 3.58. The number of para-hydroxylation sites is 1. The molecule has 6 rings (SSSR count). The molecule has 1 aliphatic heterocycles. The number of nitrogens with zero attached hydrogens (tertiary/aromatic N) is 6. The highest BCUT2D eigenvalue weighted by atomic mass is 35.5. The Hall–Kier alpha value is -4.19. The van der Waals surface area contributed by atoms with Gasteiger partial charge in [-0.1, -0.05) is 54.6 Å². The summed E-state index contributed by atoms with van der Waals surface area (Å²) >= 11 is 0. The lowest BCUT2D eigenvalue weighted by Crippen LogP contribution is -2.44. The smallest absolute Gasteiger partial charge is 0.278 e. The number of pyridine rings is 1. The van der Waals surface area contributed by atoms with Crippen molar-refractivity contribution in [3.63, 3.8) is 0 Å². The van der Waals surface area contributed by atoms with Crippen LogP contribution in [-0.2, 0) is 13.1 Å². The quantitative estimate of drug-likeness (QED) is 0.371. The van der Waals surface area contributed by atoms with Crippen molar-refractivity contribution in [2.45, 2.75) is 32.0 Å². The van der Waals surface area contributed by atoms with Crippen LogP contribution in [0.2, 0.25) is 0 Å². The minimum atomic E-state index is -0.182. The van der Waals surface area contributed by atoms with E-state index >= 15 is 0 Å². The van der Waals surface area contributed by atoms with Crippen LogP contribution >= 0.6 is 12.4 Å². The maximum absolute atomic E-state index is 14.0. The van der Waals surface area contributed by atoms with Gasteiger partial charge in [0.25, 0.3) is 5.56 Å². The van der Waals surface area contributed by atoms with Gasteiger partial charge in [-0.05, 0) is 30.0 Å². The van der Waals surface area contributed by atoms with Crippen LogP contribution in [0.1, 0.15) is 29.5 Å². The second-order valence-electron chi connectivity index (χ2n) is 9.60. The monoisotopic (exact) mass is 525 g/mol. The van der Waals surface area contributed by atoms with Crippen molar-refractivity contribution in [2.24, 2.45) is 5.73 Å². The van der Waals surface area contributed by atoms with E-state index < -0.39 is 0 Å². The molecular weight excluding hydrogens is 498 g/mol. The van der Waals surface area contributed by atoms with E-state index in [4.69, 9.17) is 5.73 Å². The average molecular weight is 526 g/mol. The van der Waals surface area contributed by atoms with Gasteiger partial charge in [-0.25, -0.2) is 4.98 Å². The number of fused-ring (bicyclic) bond motifs is 2. The highest BCUT2D eigenvalue weighted by molar-refractivity contribution is 5.89. The Morgan fingerprint density at radius 2 is 1.82 bits per heavy atom. The number of aromatic nitrogens is 4. The largest absolute Gasteiger partial charge is 0.355 e. The van der Waals surface area contributed by atoms with E-state index in [1.54, 1.807) is 17.1 Å². The van der Waals surface area contributed by atoms with Gasteiger partial charge in [-0.3, -0.25) is 14.3 Å². The van der Waals surface area contributed by atoms with Crippen molar-refractivity contribution in [1.29, 1.82) is 5.26 Å². The zero-order chi connectivity index (χ0) is 25.4. The van der Waals surface area contributed by atoms with Crippen molar-refractivity contribution in [2.75, 3.05) is 18.0 Å². The fraction of sp³-hybridized carbons (Fsp3) is 0.241. The molecule has 1 saturated heterocycles. The van der Waals surface area contributed by atoms with E-state index in [0.29, 0.717) is 36.2 Å². The average Bonchev–Trinajstić information content (AvgIpc) is 3.24. The van der Waals surface area contributed by atoms with Crippen LogP contribution in [0.3, 0.4) is 0 Å². The lowest BCUT2D eigenvalue weighted by atomic mass is 10.1. The molecule has 9 heteroatoms. The number of anilines is 1. The van der Waals surface area contributed by atoms with Crippen LogP contribution in [-0.4, -0.2) is 38.2 Å². The Morgan fingerprint density at radius 1 is 1.00 bits per heavy atom. The number of nitrogens with two attached hydrogens (primary N) is 1. The molecule has 0 aliphatic carbocycles. The van der Waals surface area contributed by atoms with Crippen molar-refractivity contribution in [3.05, 3.63) is 100 Å². The van der Waals surface area contributed by atoms with Gasteiger partial charge < -0.3 is 15.2 Å². The molecule has 0 radical (unpaired) electrons. The van der Waals surface area contributed by atoms with Gasteiger partial charge in [-0.15, -0.1) is 12.4 Å². The SMILES string of the molecule is Cl.N#Cc1c(N2CCCC(N)C2)n(Cc2ccccc2)c2c(=O)n(Cc3cccc4cccnc34)cnc12. The first-order valence-corrected chi connectivity index (χ1v) is 12.5. The zero-order valence-corrected chi connectivity index (χ0v) is 21.6. The third-order valence-corrected chi connectivity index (χ3v) is 7.11. The van der Waals surface area contributed by atoms with Crippen LogP contribution in [0.25, 0.3) is 21.9 Å². The lowest BCUT2D eigenvalue weighted by molar-refractivity contribution is 0.498. The van der Waals surface area contributed by atoms with Crippen LogP contribution < -0.4 is 16.2 Å². The zero-order valence-electron chi connectivity index (χ0n) is 20.8. The standard InChI is InChI=1S/C29H27N7O.ClH/c30-15-24-26-27(29(37)35(19-33-26)17-22-10-4-9-21-11-5-13-32-25(21)22)36(16-20-7-2-1-3-8-20)28(24)34-14-6-12-23(31)18-34;/h1-5,7-11,13,19,23H,6,12,14,16-18,31H2;1H. The number of piperidine rings is 1. The predicted molar refractivity (Wildman–Crippen MR) is 152 cm³/mol. The van der Waals surface area contributed by atoms with Gasteiger partial charge >= 0.3 is 0 Å². The first kappa shape index (κ1) is 25.5. The van der Waals surface area contributed by atoms with Crippen molar-refractivity contribution >= 4 is 40.2 Å². The highest BCUT2D eigenvalue weighted by Crippen LogP contribution is 2.32. The molecule has 192 valence electrons. The Bertz CT molecular complexity index is 1700. The maximum atomic E-state index is 14.0. The summed E-state index contributed by atoms with van der Waals surface area (Å²) in [5, 5.41) is 11.2. The fourth-order valence-electron chi connectivity index (χ4n) is 5.40. The molecular formula is C29H28ClN7O. The number of hydrogen-bond donors (Lipinski definition) is 1. The molecule has 0 bridgehead atoms. The Morgan fingerprint density at radius 3 is 2.61 bits per heavy atom. The topological polar surface area (TPSA) is 106 Å². The summed E-state index contributed by atoms with van der Waals surface area (Å²) in [6, 6.07) is 22.2. The van der Waals surface area contributed by atoms with E-state index in [1.807, 2.05) is 65.2 Å². The molecule has 0 saturated carbocycles. The molecule has 1 fully saturated rings. The summed E-state index contributed by atoms with van der Waals surface area (Å²) in [6.45, 7) is 2.20. The lowest BCUT2D eigenvalue weighted by Gasteiger charge is -2.33. The fourth-order valence-corrected chi connectivity index (χ4v) is 5.40. The van der Waals surface area contributed by atoms with Crippen LogP contribution in [0, 0.1) is 11.3 Å². The van der Waals surface area contributed by atoms with E-state index in [2.05, 4.69) is 20.9 Å². The molecule has 1 aliphatic rings. The molecule has 38 heavy (non-hydrogen) atoms. The molecule has 3 aromatic heterocycles. The summed E-state index contributed by atoms with van der Waals surface area (Å²) in [5.41, 5.74) is 10.3. The summed E-state index contributed by atoms with van der Waals surface area (Å²) in [6.07, 6.45) is 5.19. The van der Waals surface area contributed by atoms with Gasteiger partial charge in [0.05, 0.1) is 18.4 Å². The van der Waals surface area contributed by atoms with Gasteiger partial charge in [0.1, 0.15) is 28.5 Å². The van der Waals surface area contributed by atoms with Gasteiger partial charge in [-0.2, -0.15) is 5.26 Å². The summed E-state index contributed by atoms with van der Waals surface area (Å²) in [5.74, 6) is 0.727. The third-order valence-electron chi connectivity index (χ3n) is 7.11. The van der Waals surface area contributed by atoms with Crippen LogP contribution in [0.4, 0.5) is 5.82 Å². The highest BCUT2D eigenvalue weighted by Gasteiger charge is 2.28. The van der Waals surface area contributed by atoms with Crippen molar-refractivity contribution < 1.29 is 0 Å². The predicted octanol–water partition coefficient (Wildman–Crippen LogP) is 4.06. The minimum absolute atomic E-state index is 0. The molecule has 1 unspecified atom stereocenters. The van der Waals surface area contributed by atoms with Crippen molar-refractivity contribution in [1.82, 2.24) is 19.1 Å². The maximum Gasteiger partial charge on any atom is 0.278 e. The van der Waals surface area contributed by atoms with Crippen LogP contribution in [0.5, 0.6) is 0 Å². The number of rotatable bonds is 5. The Balaban J connectivity index is 0.00000294. The molecule has 4 heterocycles. The molecule has 8 nitrogen and oxygen atoms in total. The molecule has 1 atom stereocenters. The Kier molecular flexibility index (Phi) is 7.14. The first-order chi connectivity index (χ1) is 18.1. The van der Waals surface area contributed by atoms with E-state index in [0.717, 1.165) is 47.2 Å². The molecule has 5 aromatic rings. The second-order valence-corrected chi connectivity index (χ2v) is 9.60. The minimum Gasteiger partial charge on any atom is -0.355 e. The van der Waals surface area contributed by atoms with Crippen LogP contribution in [0.15, 0.2) is 78.0 Å². The number of hydrogen-bond acceptors (Lipinski definition) is 6.